The number of methoxy groups -OCH3 is 1. The SMILES string of the molecule is COc1ccc2c(c1)CCC1CN(Cc3ccccc3)C(C)CC21. The van der Waals surface area contributed by atoms with Gasteiger partial charge in [0, 0.05) is 19.1 Å². The van der Waals surface area contributed by atoms with E-state index in [1.165, 1.54) is 36.9 Å². The highest BCUT2D eigenvalue weighted by atomic mass is 16.5. The molecular weight excluding hydrogens is 294 g/mol. The summed E-state index contributed by atoms with van der Waals surface area (Å²) < 4.78 is 5.41. The molecule has 0 radical (unpaired) electrons. The molecule has 2 aliphatic rings. The molecule has 2 nitrogen and oxygen atoms in total. The second kappa shape index (κ2) is 6.60. The first-order valence-corrected chi connectivity index (χ1v) is 9.19. The average molecular weight is 321 g/mol. The predicted octanol–water partition coefficient (Wildman–Crippen LogP) is 4.64. The maximum Gasteiger partial charge on any atom is 0.119 e. The van der Waals surface area contributed by atoms with Crippen LogP contribution in [-0.4, -0.2) is 24.6 Å². The van der Waals surface area contributed by atoms with Crippen molar-refractivity contribution in [2.45, 2.75) is 44.7 Å². The Morgan fingerprint density at radius 2 is 1.96 bits per heavy atom. The summed E-state index contributed by atoms with van der Waals surface area (Å²) in [6.07, 6.45) is 3.78. The molecule has 1 saturated heterocycles. The maximum absolute atomic E-state index is 5.41. The molecule has 1 heterocycles. The lowest BCUT2D eigenvalue weighted by Gasteiger charge is -2.46. The van der Waals surface area contributed by atoms with Gasteiger partial charge in [0.25, 0.3) is 0 Å². The molecule has 0 N–H and O–H groups in total. The number of piperidine rings is 1. The van der Waals surface area contributed by atoms with Crippen LogP contribution in [0.3, 0.4) is 0 Å². The number of fused-ring (bicyclic) bond motifs is 3. The third kappa shape index (κ3) is 2.95. The predicted molar refractivity (Wildman–Crippen MR) is 98.5 cm³/mol. The van der Waals surface area contributed by atoms with Crippen LogP contribution < -0.4 is 4.74 Å². The van der Waals surface area contributed by atoms with E-state index < -0.39 is 0 Å². The van der Waals surface area contributed by atoms with Crippen LogP contribution in [-0.2, 0) is 13.0 Å². The molecule has 1 aliphatic carbocycles. The topological polar surface area (TPSA) is 12.5 Å². The van der Waals surface area contributed by atoms with E-state index in [-0.39, 0.29) is 0 Å². The summed E-state index contributed by atoms with van der Waals surface area (Å²) >= 11 is 0. The van der Waals surface area contributed by atoms with Crippen molar-refractivity contribution in [3.8, 4) is 5.75 Å². The van der Waals surface area contributed by atoms with Crippen molar-refractivity contribution >= 4 is 0 Å². The number of aryl methyl sites for hydroxylation is 1. The minimum Gasteiger partial charge on any atom is -0.497 e. The molecule has 2 aromatic rings. The van der Waals surface area contributed by atoms with Gasteiger partial charge in [-0.1, -0.05) is 36.4 Å². The van der Waals surface area contributed by atoms with Gasteiger partial charge in [0.1, 0.15) is 5.75 Å². The van der Waals surface area contributed by atoms with E-state index >= 15 is 0 Å². The second-order valence-corrected chi connectivity index (χ2v) is 7.47. The van der Waals surface area contributed by atoms with Crippen LogP contribution in [0.15, 0.2) is 48.5 Å². The first-order chi connectivity index (χ1) is 11.7. The van der Waals surface area contributed by atoms with Crippen LogP contribution in [0.1, 0.15) is 42.4 Å². The summed E-state index contributed by atoms with van der Waals surface area (Å²) in [6.45, 7) is 4.71. The van der Waals surface area contributed by atoms with Crippen molar-refractivity contribution in [3.05, 3.63) is 65.2 Å². The zero-order chi connectivity index (χ0) is 16.5. The van der Waals surface area contributed by atoms with Gasteiger partial charge < -0.3 is 4.74 Å². The van der Waals surface area contributed by atoms with Crippen LogP contribution >= 0.6 is 0 Å². The monoisotopic (exact) mass is 321 g/mol. The van der Waals surface area contributed by atoms with Crippen molar-refractivity contribution in [2.24, 2.45) is 5.92 Å². The van der Waals surface area contributed by atoms with Gasteiger partial charge in [-0.05, 0) is 66.8 Å². The lowest BCUT2D eigenvalue weighted by atomic mass is 9.70. The number of ether oxygens (including phenoxy) is 1. The zero-order valence-corrected chi connectivity index (χ0v) is 14.7. The third-order valence-electron chi connectivity index (χ3n) is 6.02. The fourth-order valence-electron chi connectivity index (χ4n) is 4.66. The fraction of sp³-hybridized carbons (Fsp3) is 0.455. The summed E-state index contributed by atoms with van der Waals surface area (Å²) in [6, 6.07) is 18.3. The van der Waals surface area contributed by atoms with Crippen LogP contribution in [0.2, 0.25) is 0 Å². The Morgan fingerprint density at radius 3 is 2.75 bits per heavy atom. The smallest absolute Gasteiger partial charge is 0.119 e. The first kappa shape index (κ1) is 15.7. The lowest BCUT2D eigenvalue weighted by molar-refractivity contribution is 0.0839. The standard InChI is InChI=1S/C22H27NO/c1-16-12-22-19(15-23(16)14-17-6-4-3-5-7-17)9-8-18-13-20(24-2)10-11-21(18)22/h3-7,10-11,13,16,19,22H,8-9,12,14-15H2,1-2H3. The van der Waals surface area contributed by atoms with Crippen molar-refractivity contribution in [1.29, 1.82) is 0 Å². The van der Waals surface area contributed by atoms with Gasteiger partial charge in [-0.15, -0.1) is 0 Å². The van der Waals surface area contributed by atoms with Crippen molar-refractivity contribution < 1.29 is 4.74 Å². The highest BCUT2D eigenvalue weighted by Gasteiger charge is 2.37. The van der Waals surface area contributed by atoms with E-state index in [2.05, 4.69) is 60.4 Å². The summed E-state index contributed by atoms with van der Waals surface area (Å²) in [5.74, 6) is 2.52. The first-order valence-electron chi connectivity index (χ1n) is 9.19. The summed E-state index contributed by atoms with van der Waals surface area (Å²) in [7, 11) is 1.76. The van der Waals surface area contributed by atoms with E-state index in [4.69, 9.17) is 4.74 Å². The highest BCUT2D eigenvalue weighted by molar-refractivity contribution is 5.40. The number of nitrogens with zero attached hydrogens (tertiary/aromatic N) is 1. The lowest BCUT2D eigenvalue weighted by Crippen LogP contribution is -2.46. The van der Waals surface area contributed by atoms with Crippen molar-refractivity contribution in [3.63, 3.8) is 0 Å². The molecule has 0 bridgehead atoms. The normalized spacial score (nSPS) is 26.5. The minimum absolute atomic E-state index is 0.638. The number of benzene rings is 2. The highest BCUT2D eigenvalue weighted by Crippen LogP contribution is 2.44. The summed E-state index contributed by atoms with van der Waals surface area (Å²) in [4.78, 5) is 2.69. The Kier molecular flexibility index (Phi) is 4.32. The molecular formula is C22H27NO. The molecule has 0 spiro atoms. The van der Waals surface area contributed by atoms with Crippen LogP contribution in [0, 0.1) is 5.92 Å². The van der Waals surface area contributed by atoms with Crippen LogP contribution in [0.25, 0.3) is 0 Å². The Bertz CT molecular complexity index is 696. The second-order valence-electron chi connectivity index (χ2n) is 7.47. The Labute approximate surface area is 145 Å². The number of likely N-dealkylation sites (tertiary alicyclic amines) is 1. The number of hydrogen-bond donors (Lipinski definition) is 0. The number of rotatable bonds is 3. The molecule has 2 aromatic carbocycles. The molecule has 126 valence electrons. The number of hydrogen-bond acceptors (Lipinski definition) is 2. The molecule has 4 rings (SSSR count). The van der Waals surface area contributed by atoms with E-state index in [9.17, 15) is 0 Å². The van der Waals surface area contributed by atoms with Gasteiger partial charge in [0.05, 0.1) is 7.11 Å². The molecule has 1 aliphatic heterocycles. The third-order valence-corrected chi connectivity index (χ3v) is 6.02. The van der Waals surface area contributed by atoms with Crippen LogP contribution in [0.5, 0.6) is 5.75 Å². The molecule has 0 saturated carbocycles. The average Bonchev–Trinajstić information content (AvgIpc) is 2.63. The molecule has 0 amide bonds. The molecule has 3 unspecified atom stereocenters. The summed E-state index contributed by atoms with van der Waals surface area (Å²) in [5, 5.41) is 0. The Balaban J connectivity index is 1.52. The van der Waals surface area contributed by atoms with E-state index in [1.54, 1.807) is 12.7 Å². The molecule has 1 fully saturated rings. The van der Waals surface area contributed by atoms with Gasteiger partial charge in [0.2, 0.25) is 0 Å². The molecule has 2 heteroatoms. The van der Waals surface area contributed by atoms with Gasteiger partial charge >= 0.3 is 0 Å². The Hall–Kier alpha value is -1.80. The van der Waals surface area contributed by atoms with Gasteiger partial charge in [-0.25, -0.2) is 0 Å². The van der Waals surface area contributed by atoms with E-state index in [1.807, 2.05) is 0 Å². The van der Waals surface area contributed by atoms with Crippen molar-refractivity contribution in [1.82, 2.24) is 4.90 Å². The van der Waals surface area contributed by atoms with Crippen LogP contribution in [0.4, 0.5) is 0 Å². The summed E-state index contributed by atoms with van der Waals surface area (Å²) in [5.41, 5.74) is 4.53. The van der Waals surface area contributed by atoms with Gasteiger partial charge in [0.15, 0.2) is 0 Å². The quantitative estimate of drug-likeness (QED) is 0.817. The van der Waals surface area contributed by atoms with E-state index in [0.29, 0.717) is 6.04 Å². The van der Waals surface area contributed by atoms with E-state index in [0.717, 1.165) is 24.1 Å². The molecule has 0 aromatic heterocycles. The largest absolute Gasteiger partial charge is 0.497 e. The van der Waals surface area contributed by atoms with Gasteiger partial charge in [-0.3, -0.25) is 4.90 Å². The fourth-order valence-corrected chi connectivity index (χ4v) is 4.66. The molecule has 24 heavy (non-hydrogen) atoms. The minimum atomic E-state index is 0.638. The van der Waals surface area contributed by atoms with Gasteiger partial charge in [-0.2, -0.15) is 0 Å². The molecule has 3 atom stereocenters. The zero-order valence-electron chi connectivity index (χ0n) is 14.7. The maximum atomic E-state index is 5.41. The Morgan fingerprint density at radius 1 is 1.12 bits per heavy atom. The van der Waals surface area contributed by atoms with Crippen molar-refractivity contribution in [2.75, 3.05) is 13.7 Å².